The molecule has 2 aromatic carbocycles. The van der Waals surface area contributed by atoms with E-state index in [1.807, 2.05) is 0 Å². The van der Waals surface area contributed by atoms with Crippen molar-refractivity contribution in [2.75, 3.05) is 0 Å². The molecule has 0 bridgehead atoms. The van der Waals surface area contributed by atoms with Gasteiger partial charge in [-0.25, -0.2) is 0 Å². The fraction of sp³-hybridized carbons (Fsp3) is 0.143. The van der Waals surface area contributed by atoms with E-state index in [-0.39, 0.29) is 0 Å². The molecule has 0 aliphatic rings. The number of hydrogen-bond donors (Lipinski definition) is 0. The van der Waals surface area contributed by atoms with Gasteiger partial charge in [-0.1, -0.05) is 0 Å². The van der Waals surface area contributed by atoms with Crippen LogP contribution in [0.3, 0.4) is 0 Å². The molecule has 15 heavy (non-hydrogen) atoms. The number of benzene rings is 2. The van der Waals surface area contributed by atoms with Gasteiger partial charge in [-0.3, -0.25) is 0 Å². The Morgan fingerprint density at radius 3 is 1.47 bits per heavy atom. The van der Waals surface area contributed by atoms with Gasteiger partial charge in [0.1, 0.15) is 0 Å². The zero-order chi connectivity index (χ0) is 10.5. The van der Waals surface area contributed by atoms with Crippen molar-refractivity contribution in [2.45, 2.75) is 12.2 Å². The average Bonchev–Trinajstić information content (AvgIpc) is 2.33. The van der Waals surface area contributed by atoms with Crippen LogP contribution in [0.15, 0.2) is 60.7 Å². The molecule has 0 nitrogen and oxygen atoms in total. The van der Waals surface area contributed by atoms with Gasteiger partial charge in [-0.2, -0.15) is 0 Å². The summed E-state index contributed by atoms with van der Waals surface area (Å²) < 4.78 is 3.19. The molecule has 1 heteroatoms. The molecule has 0 saturated heterocycles. The molecule has 0 aliphatic carbocycles. The van der Waals surface area contributed by atoms with E-state index in [0.717, 1.165) is 0 Å². The molecule has 0 saturated carbocycles. The molecule has 2 aromatic rings. The third-order valence-electron chi connectivity index (χ3n) is 2.81. The second kappa shape index (κ2) is 5.17. The van der Waals surface area contributed by atoms with Gasteiger partial charge in [0.2, 0.25) is 0 Å². The molecule has 0 fully saturated rings. The Morgan fingerprint density at radius 1 is 0.733 bits per heavy atom. The summed E-state index contributed by atoms with van der Waals surface area (Å²) in [5, 5.41) is 1.33. The zero-order valence-corrected chi connectivity index (χ0v) is 11.5. The topological polar surface area (TPSA) is 0 Å². The summed E-state index contributed by atoms with van der Waals surface area (Å²) >= 11 is -1.44. The van der Waals surface area contributed by atoms with Gasteiger partial charge in [-0.05, 0) is 0 Å². The molecule has 76 valence electrons. The minimum absolute atomic E-state index is 1.33. The number of hydrogen-bond acceptors (Lipinski definition) is 0. The molecule has 2 rings (SSSR count). The van der Waals surface area contributed by atoms with E-state index in [4.69, 9.17) is 0 Å². The second-order valence-corrected chi connectivity index (χ2v) is 10.6. The first-order valence-electron chi connectivity index (χ1n) is 5.51. The third kappa shape index (κ3) is 2.51. The van der Waals surface area contributed by atoms with Crippen LogP contribution in [-0.2, 0) is 0 Å². The normalized spacial score (nSPS) is 10.5. The average molecular weight is 257 g/mol. The van der Waals surface area contributed by atoms with Crippen molar-refractivity contribution >= 4 is 23.1 Å². The minimum atomic E-state index is -1.44. The number of rotatable bonds is 3. The van der Waals surface area contributed by atoms with Crippen LogP contribution in [0, 0.1) is 0 Å². The maximum absolute atomic E-state index is 2.32. The van der Waals surface area contributed by atoms with Crippen LogP contribution < -0.4 is 8.79 Å². The van der Waals surface area contributed by atoms with Crippen molar-refractivity contribution in [3.63, 3.8) is 0 Å². The first-order valence-corrected chi connectivity index (χ1v) is 9.65. The van der Waals surface area contributed by atoms with Gasteiger partial charge in [0, 0.05) is 0 Å². The maximum atomic E-state index is 2.32. The molecule has 0 unspecified atom stereocenters. The summed E-state index contributed by atoms with van der Waals surface area (Å²) in [6.07, 6.45) is 0. The third-order valence-corrected chi connectivity index (χ3v) is 9.52. The van der Waals surface area contributed by atoms with E-state index < -0.39 is 14.3 Å². The SMILES string of the molecule is C[CH2][GeH]([c]1ccccc1)[c]1ccccc1. The first-order chi connectivity index (χ1) is 7.42. The summed E-state index contributed by atoms with van der Waals surface area (Å²) in [4.78, 5) is 0. The standard InChI is InChI=1S/C14H16Ge/c1-2-15(13-9-5-3-6-10-13)14-11-7-4-8-12-14/h3-12,15H,2H2,1H3. The Hall–Kier alpha value is -1.02. The van der Waals surface area contributed by atoms with Crippen LogP contribution >= 0.6 is 0 Å². The van der Waals surface area contributed by atoms with Crippen molar-refractivity contribution in [2.24, 2.45) is 0 Å². The Morgan fingerprint density at radius 2 is 1.13 bits per heavy atom. The molecular formula is C14H16Ge. The van der Waals surface area contributed by atoms with Gasteiger partial charge >= 0.3 is 96.0 Å². The molecule has 0 aliphatic heterocycles. The van der Waals surface area contributed by atoms with Crippen molar-refractivity contribution in [1.29, 1.82) is 0 Å². The van der Waals surface area contributed by atoms with Crippen LogP contribution in [0.4, 0.5) is 0 Å². The fourth-order valence-electron chi connectivity index (χ4n) is 2.03. The monoisotopic (exact) mass is 258 g/mol. The van der Waals surface area contributed by atoms with E-state index in [2.05, 4.69) is 67.6 Å². The summed E-state index contributed by atoms with van der Waals surface area (Å²) in [6.45, 7) is 2.32. The molecular weight excluding hydrogens is 241 g/mol. The second-order valence-electron chi connectivity index (χ2n) is 3.78. The van der Waals surface area contributed by atoms with Gasteiger partial charge in [0.25, 0.3) is 0 Å². The molecule has 0 radical (unpaired) electrons. The summed E-state index contributed by atoms with van der Waals surface area (Å²) in [5.41, 5.74) is 0. The van der Waals surface area contributed by atoms with Crippen molar-refractivity contribution in [1.82, 2.24) is 0 Å². The van der Waals surface area contributed by atoms with Crippen LogP contribution in [0.2, 0.25) is 5.25 Å². The summed E-state index contributed by atoms with van der Waals surface area (Å²) in [6, 6.07) is 22.0. The van der Waals surface area contributed by atoms with Crippen molar-refractivity contribution in [3.05, 3.63) is 60.7 Å². The van der Waals surface area contributed by atoms with Crippen LogP contribution in [0.1, 0.15) is 6.92 Å². The Bertz CT molecular complexity index is 355. The van der Waals surface area contributed by atoms with Gasteiger partial charge in [0.15, 0.2) is 0 Å². The van der Waals surface area contributed by atoms with Crippen molar-refractivity contribution < 1.29 is 0 Å². The zero-order valence-electron chi connectivity index (χ0n) is 9.06. The quantitative estimate of drug-likeness (QED) is 0.738. The molecule has 0 aromatic heterocycles. The molecule has 0 spiro atoms. The van der Waals surface area contributed by atoms with Crippen LogP contribution in [-0.4, -0.2) is 14.3 Å². The molecule has 0 heterocycles. The van der Waals surface area contributed by atoms with Crippen LogP contribution in [0.5, 0.6) is 0 Å². The van der Waals surface area contributed by atoms with E-state index >= 15 is 0 Å². The van der Waals surface area contributed by atoms with Crippen molar-refractivity contribution in [3.8, 4) is 0 Å². The van der Waals surface area contributed by atoms with Crippen LogP contribution in [0.25, 0.3) is 0 Å². The molecule has 0 N–H and O–H groups in total. The van der Waals surface area contributed by atoms with E-state index in [0.29, 0.717) is 0 Å². The predicted molar refractivity (Wildman–Crippen MR) is 69.8 cm³/mol. The van der Waals surface area contributed by atoms with E-state index in [1.54, 1.807) is 8.79 Å². The Kier molecular flexibility index (Phi) is 3.62. The van der Waals surface area contributed by atoms with Gasteiger partial charge in [0.05, 0.1) is 0 Å². The first kappa shape index (κ1) is 10.5. The molecule has 0 atom stereocenters. The Labute approximate surface area is 96.1 Å². The van der Waals surface area contributed by atoms with E-state index in [9.17, 15) is 0 Å². The van der Waals surface area contributed by atoms with E-state index in [1.165, 1.54) is 5.25 Å². The van der Waals surface area contributed by atoms with Gasteiger partial charge in [-0.15, -0.1) is 0 Å². The Balaban J connectivity index is 2.34. The summed E-state index contributed by atoms with van der Waals surface area (Å²) in [5.74, 6) is 0. The molecule has 0 amide bonds. The van der Waals surface area contributed by atoms with Gasteiger partial charge < -0.3 is 0 Å². The predicted octanol–water partition coefficient (Wildman–Crippen LogP) is 2.05. The fourth-order valence-corrected chi connectivity index (χ4v) is 7.70. The summed E-state index contributed by atoms with van der Waals surface area (Å²) in [7, 11) is 0.